The number of H-pyrrole nitrogens is 1. The molecule has 0 amide bonds. The molecule has 0 aliphatic rings. The van der Waals surface area contributed by atoms with Crippen molar-refractivity contribution in [3.63, 3.8) is 0 Å². The molecule has 0 saturated heterocycles. The van der Waals surface area contributed by atoms with Crippen LogP contribution in [0.4, 0.5) is 0 Å². The van der Waals surface area contributed by atoms with E-state index in [-0.39, 0.29) is 5.56 Å². The van der Waals surface area contributed by atoms with Gasteiger partial charge in [-0.2, -0.15) is 0 Å². The highest BCUT2D eigenvalue weighted by molar-refractivity contribution is 5.77. The van der Waals surface area contributed by atoms with E-state index in [2.05, 4.69) is 21.9 Å². The lowest BCUT2D eigenvalue weighted by Crippen LogP contribution is -2.20. The molecule has 0 aliphatic carbocycles. The molecular weight excluding hydrogens is 214 g/mol. The van der Waals surface area contributed by atoms with Crippen molar-refractivity contribution in [2.75, 3.05) is 6.54 Å². The highest BCUT2D eigenvalue weighted by Gasteiger charge is 2.01. The Hall–Kier alpha value is -1.94. The fraction of sp³-hybridized carbons (Fsp3) is 0.231. The van der Waals surface area contributed by atoms with E-state index in [1.54, 1.807) is 6.07 Å². The van der Waals surface area contributed by atoms with E-state index in [0.29, 0.717) is 17.8 Å². The van der Waals surface area contributed by atoms with E-state index >= 15 is 0 Å². The van der Waals surface area contributed by atoms with Gasteiger partial charge < -0.3 is 10.3 Å². The Bertz CT molecular complexity index is 574. The van der Waals surface area contributed by atoms with Crippen LogP contribution in [0.2, 0.25) is 0 Å². The number of nitrogens with one attached hydrogen (secondary N) is 2. The van der Waals surface area contributed by atoms with Gasteiger partial charge in [-0.1, -0.05) is 18.2 Å². The molecule has 0 atom stereocenters. The van der Waals surface area contributed by atoms with Crippen LogP contribution in [0.1, 0.15) is 12.2 Å². The Balaban J connectivity index is 2.19. The Labute approximate surface area is 99.4 Å². The Morgan fingerprint density at radius 3 is 3.06 bits per heavy atom. The molecular formula is C13H15N3O. The maximum Gasteiger partial charge on any atom is 0.258 e. The zero-order valence-corrected chi connectivity index (χ0v) is 9.57. The summed E-state index contributed by atoms with van der Waals surface area (Å²) < 4.78 is 0. The maximum absolute atomic E-state index is 11.7. The minimum Gasteiger partial charge on any atom is -0.310 e. The average Bonchev–Trinajstić information content (AvgIpc) is 2.35. The van der Waals surface area contributed by atoms with Crippen LogP contribution in [0.25, 0.3) is 10.9 Å². The largest absolute Gasteiger partial charge is 0.310 e. The molecule has 0 bridgehead atoms. The first-order chi connectivity index (χ1) is 8.31. The zero-order chi connectivity index (χ0) is 12.1. The first kappa shape index (κ1) is 11.5. The average molecular weight is 229 g/mol. The monoisotopic (exact) mass is 229 g/mol. The number of hydrogen-bond acceptors (Lipinski definition) is 3. The van der Waals surface area contributed by atoms with Gasteiger partial charge in [0.1, 0.15) is 5.82 Å². The van der Waals surface area contributed by atoms with Crippen LogP contribution in [0.5, 0.6) is 0 Å². The third-order valence-corrected chi connectivity index (χ3v) is 2.48. The van der Waals surface area contributed by atoms with Gasteiger partial charge in [-0.3, -0.25) is 4.79 Å². The second-order valence-electron chi connectivity index (χ2n) is 3.78. The number of rotatable bonds is 5. The smallest absolute Gasteiger partial charge is 0.258 e. The van der Waals surface area contributed by atoms with Crippen LogP contribution in [-0.4, -0.2) is 16.5 Å². The van der Waals surface area contributed by atoms with E-state index in [4.69, 9.17) is 0 Å². The van der Waals surface area contributed by atoms with E-state index in [1.807, 2.05) is 24.3 Å². The predicted octanol–water partition coefficient (Wildman–Crippen LogP) is 1.59. The van der Waals surface area contributed by atoms with Gasteiger partial charge in [-0.05, 0) is 25.1 Å². The Morgan fingerprint density at radius 2 is 2.24 bits per heavy atom. The van der Waals surface area contributed by atoms with Crippen molar-refractivity contribution < 1.29 is 0 Å². The lowest BCUT2D eigenvalue weighted by atomic mass is 10.2. The third-order valence-electron chi connectivity index (χ3n) is 2.48. The van der Waals surface area contributed by atoms with Crippen molar-refractivity contribution in [2.24, 2.45) is 0 Å². The second-order valence-corrected chi connectivity index (χ2v) is 3.78. The molecule has 2 rings (SSSR count). The fourth-order valence-corrected chi connectivity index (χ4v) is 1.63. The number of benzene rings is 1. The molecule has 0 unspecified atom stereocenters. The summed E-state index contributed by atoms with van der Waals surface area (Å²) in [6, 6.07) is 7.33. The van der Waals surface area contributed by atoms with Crippen LogP contribution < -0.4 is 10.9 Å². The van der Waals surface area contributed by atoms with Crippen LogP contribution in [0.3, 0.4) is 0 Å². The summed E-state index contributed by atoms with van der Waals surface area (Å²) in [6.07, 6.45) is 2.75. The molecule has 1 heterocycles. The highest BCUT2D eigenvalue weighted by Crippen LogP contribution is 2.05. The minimum absolute atomic E-state index is 0.0869. The molecule has 4 heteroatoms. The van der Waals surface area contributed by atoms with Gasteiger partial charge >= 0.3 is 0 Å². The molecule has 88 valence electrons. The summed E-state index contributed by atoms with van der Waals surface area (Å²) in [4.78, 5) is 18.9. The van der Waals surface area contributed by atoms with Gasteiger partial charge in [0.25, 0.3) is 5.56 Å². The lowest BCUT2D eigenvalue weighted by Gasteiger charge is -2.03. The van der Waals surface area contributed by atoms with Gasteiger partial charge in [0.15, 0.2) is 0 Å². The van der Waals surface area contributed by atoms with E-state index in [1.165, 1.54) is 0 Å². The molecule has 0 radical (unpaired) electrons. The normalized spacial score (nSPS) is 10.6. The van der Waals surface area contributed by atoms with Crippen LogP contribution in [-0.2, 0) is 6.54 Å². The van der Waals surface area contributed by atoms with Gasteiger partial charge in [0.05, 0.1) is 17.4 Å². The second kappa shape index (κ2) is 5.41. The summed E-state index contributed by atoms with van der Waals surface area (Å²) in [7, 11) is 0. The molecule has 2 aromatic rings. The van der Waals surface area contributed by atoms with E-state index < -0.39 is 0 Å². The topological polar surface area (TPSA) is 57.8 Å². The van der Waals surface area contributed by atoms with Crippen molar-refractivity contribution in [3.8, 4) is 0 Å². The third kappa shape index (κ3) is 2.79. The van der Waals surface area contributed by atoms with Gasteiger partial charge in [-0.25, -0.2) is 4.98 Å². The molecule has 0 spiro atoms. The Kier molecular flexibility index (Phi) is 3.67. The minimum atomic E-state index is -0.0869. The van der Waals surface area contributed by atoms with Gasteiger partial charge in [0.2, 0.25) is 0 Å². The number of hydrogen-bond donors (Lipinski definition) is 2. The molecule has 4 nitrogen and oxygen atoms in total. The van der Waals surface area contributed by atoms with Crippen molar-refractivity contribution in [2.45, 2.75) is 13.0 Å². The molecule has 1 aromatic carbocycles. The SMILES string of the molecule is C=CCCNCc1nc2ccccc2c(=O)[nH]1. The summed E-state index contributed by atoms with van der Waals surface area (Å²) >= 11 is 0. The van der Waals surface area contributed by atoms with Crippen molar-refractivity contribution in [1.82, 2.24) is 15.3 Å². The van der Waals surface area contributed by atoms with Crippen LogP contribution in [0, 0.1) is 0 Å². The number of aromatic amines is 1. The van der Waals surface area contributed by atoms with E-state index in [9.17, 15) is 4.79 Å². The van der Waals surface area contributed by atoms with Gasteiger partial charge in [0, 0.05) is 0 Å². The van der Waals surface area contributed by atoms with Crippen molar-refractivity contribution >= 4 is 10.9 Å². The quantitative estimate of drug-likeness (QED) is 0.604. The van der Waals surface area contributed by atoms with Crippen LogP contribution in [0.15, 0.2) is 41.7 Å². The molecule has 1 aromatic heterocycles. The molecule has 17 heavy (non-hydrogen) atoms. The maximum atomic E-state index is 11.7. The number of fused-ring (bicyclic) bond motifs is 1. The predicted molar refractivity (Wildman–Crippen MR) is 68.9 cm³/mol. The van der Waals surface area contributed by atoms with Crippen molar-refractivity contribution in [3.05, 3.63) is 53.1 Å². The number of aromatic nitrogens is 2. The Morgan fingerprint density at radius 1 is 1.41 bits per heavy atom. The number of nitrogens with zero attached hydrogens (tertiary/aromatic N) is 1. The highest BCUT2D eigenvalue weighted by atomic mass is 16.1. The molecule has 0 saturated carbocycles. The zero-order valence-electron chi connectivity index (χ0n) is 9.57. The molecule has 2 N–H and O–H groups in total. The summed E-state index contributed by atoms with van der Waals surface area (Å²) in [5.41, 5.74) is 0.646. The number of para-hydroxylation sites is 1. The van der Waals surface area contributed by atoms with E-state index in [0.717, 1.165) is 18.5 Å². The fourth-order valence-electron chi connectivity index (χ4n) is 1.63. The molecule has 0 fully saturated rings. The molecule has 0 aliphatic heterocycles. The van der Waals surface area contributed by atoms with Crippen molar-refractivity contribution in [1.29, 1.82) is 0 Å². The summed E-state index contributed by atoms with van der Waals surface area (Å²) in [5.74, 6) is 0.665. The first-order valence-corrected chi connectivity index (χ1v) is 5.61. The standard InChI is InChI=1S/C13H15N3O/c1-2-3-8-14-9-12-15-11-7-5-4-6-10(11)13(17)16-12/h2,4-7,14H,1,3,8-9H2,(H,15,16,17). The first-order valence-electron chi connectivity index (χ1n) is 5.61. The summed E-state index contributed by atoms with van der Waals surface area (Å²) in [6.45, 7) is 5.04. The lowest BCUT2D eigenvalue weighted by molar-refractivity contribution is 0.667. The van der Waals surface area contributed by atoms with Gasteiger partial charge in [-0.15, -0.1) is 6.58 Å². The van der Waals surface area contributed by atoms with Crippen LogP contribution >= 0.6 is 0 Å². The summed E-state index contributed by atoms with van der Waals surface area (Å²) in [5, 5.41) is 3.82.